The van der Waals surface area contributed by atoms with E-state index < -0.39 is 0 Å². The maximum atomic E-state index is 12.7. The molecule has 0 radical (unpaired) electrons. The van der Waals surface area contributed by atoms with Crippen molar-refractivity contribution in [2.45, 2.75) is 19.3 Å². The molecule has 4 rings (SSSR count). The molecule has 2 aromatic carbocycles. The van der Waals surface area contributed by atoms with Crippen molar-refractivity contribution in [3.8, 4) is 11.5 Å². The Morgan fingerprint density at radius 2 is 1.80 bits per heavy atom. The number of hydrogen-bond donors (Lipinski definition) is 5. The van der Waals surface area contributed by atoms with E-state index in [0.717, 1.165) is 30.0 Å². The molecule has 0 bridgehead atoms. The number of rotatable bonds is 14. The van der Waals surface area contributed by atoms with Crippen LogP contribution in [-0.4, -0.2) is 63.6 Å². The Bertz CT molecular complexity index is 1510. The van der Waals surface area contributed by atoms with Gasteiger partial charge >= 0.3 is 0 Å². The SMILES string of the molecule is Cn1cc(NC(=O)CCc2ccc(N(CCCl)CCCl)cc2)cc1-c1nc2ccc(C(=O)NCCC(=N)N)cc2[nH]1. The lowest BCUT2D eigenvalue weighted by molar-refractivity contribution is -0.116. The number of carbonyl (C=O) groups excluding carboxylic acids is 2. The zero-order chi connectivity index (χ0) is 29.4. The Kier molecular flexibility index (Phi) is 10.3. The van der Waals surface area contributed by atoms with Gasteiger partial charge in [0.2, 0.25) is 5.91 Å². The van der Waals surface area contributed by atoms with Gasteiger partial charge in [0.1, 0.15) is 0 Å². The molecule has 0 atom stereocenters. The van der Waals surface area contributed by atoms with Crippen LogP contribution in [0, 0.1) is 5.41 Å². The summed E-state index contributed by atoms with van der Waals surface area (Å²) in [4.78, 5) is 35.2. The largest absolute Gasteiger partial charge is 0.388 e. The molecule has 12 heteroatoms. The van der Waals surface area contributed by atoms with Gasteiger partial charge in [-0.25, -0.2) is 4.98 Å². The predicted octanol–water partition coefficient (Wildman–Crippen LogP) is 4.48. The highest BCUT2D eigenvalue weighted by Gasteiger charge is 2.14. The third kappa shape index (κ3) is 8.02. The summed E-state index contributed by atoms with van der Waals surface area (Å²) in [5.74, 6) is 1.37. The molecule has 0 aliphatic carbocycles. The molecule has 0 saturated carbocycles. The average molecular weight is 598 g/mol. The number of amides is 2. The first-order valence-corrected chi connectivity index (χ1v) is 14.4. The van der Waals surface area contributed by atoms with E-state index in [1.54, 1.807) is 18.2 Å². The third-order valence-electron chi connectivity index (χ3n) is 6.61. The van der Waals surface area contributed by atoms with E-state index in [1.807, 2.05) is 48.1 Å². The fourth-order valence-corrected chi connectivity index (χ4v) is 4.89. The summed E-state index contributed by atoms with van der Waals surface area (Å²) < 4.78 is 1.88. The van der Waals surface area contributed by atoms with E-state index in [9.17, 15) is 9.59 Å². The minimum Gasteiger partial charge on any atom is -0.388 e. The number of nitrogens with two attached hydrogens (primary N) is 1. The van der Waals surface area contributed by atoms with Gasteiger partial charge in [-0.3, -0.25) is 15.0 Å². The number of fused-ring (bicyclic) bond motifs is 1. The van der Waals surface area contributed by atoms with Crippen molar-refractivity contribution in [2.24, 2.45) is 12.8 Å². The topological polar surface area (TPSA) is 145 Å². The molecule has 0 unspecified atom stereocenters. The summed E-state index contributed by atoms with van der Waals surface area (Å²) in [5, 5.41) is 13.0. The molecule has 0 aliphatic rings. The number of hydrogen-bond acceptors (Lipinski definition) is 5. The molecule has 2 aromatic heterocycles. The Balaban J connectivity index is 1.36. The summed E-state index contributed by atoms with van der Waals surface area (Å²) in [6.45, 7) is 1.75. The predicted molar refractivity (Wildman–Crippen MR) is 166 cm³/mol. The monoisotopic (exact) mass is 596 g/mol. The molecular formula is C29H34Cl2N8O2. The van der Waals surface area contributed by atoms with Crippen molar-refractivity contribution in [3.05, 3.63) is 65.9 Å². The van der Waals surface area contributed by atoms with E-state index in [2.05, 4.69) is 25.5 Å². The highest BCUT2D eigenvalue weighted by molar-refractivity contribution is 6.18. The zero-order valence-corrected chi connectivity index (χ0v) is 24.4. The lowest BCUT2D eigenvalue weighted by Gasteiger charge is -2.23. The number of anilines is 2. The number of alkyl halides is 2. The molecule has 41 heavy (non-hydrogen) atoms. The number of nitrogens with one attached hydrogen (secondary N) is 4. The van der Waals surface area contributed by atoms with Crippen LogP contribution in [0.25, 0.3) is 22.6 Å². The van der Waals surface area contributed by atoms with Crippen LogP contribution >= 0.6 is 23.2 Å². The Hall–Kier alpha value is -4.02. The number of aromatic nitrogens is 3. The van der Waals surface area contributed by atoms with Gasteiger partial charge in [0, 0.05) is 68.7 Å². The van der Waals surface area contributed by atoms with Gasteiger partial charge in [-0.2, -0.15) is 0 Å². The third-order valence-corrected chi connectivity index (χ3v) is 6.94. The van der Waals surface area contributed by atoms with E-state index in [-0.39, 0.29) is 17.6 Å². The van der Waals surface area contributed by atoms with Crippen molar-refractivity contribution in [1.29, 1.82) is 5.41 Å². The molecule has 6 N–H and O–H groups in total. The second-order valence-corrected chi connectivity index (χ2v) is 10.4. The fraction of sp³-hybridized carbons (Fsp3) is 0.310. The summed E-state index contributed by atoms with van der Waals surface area (Å²) in [6.07, 6.45) is 3.10. The number of carbonyl (C=O) groups is 2. The first-order valence-electron chi connectivity index (χ1n) is 13.3. The smallest absolute Gasteiger partial charge is 0.251 e. The van der Waals surface area contributed by atoms with Gasteiger partial charge in [0.15, 0.2) is 5.82 Å². The number of amidine groups is 1. The number of H-pyrrole nitrogens is 1. The molecule has 0 fully saturated rings. The van der Waals surface area contributed by atoms with Crippen LogP contribution in [0.5, 0.6) is 0 Å². The molecule has 2 heterocycles. The van der Waals surface area contributed by atoms with E-state index in [4.69, 9.17) is 34.3 Å². The van der Waals surface area contributed by atoms with Crippen LogP contribution in [0.2, 0.25) is 0 Å². The second kappa shape index (κ2) is 14.0. The van der Waals surface area contributed by atoms with Gasteiger partial charge in [-0.05, 0) is 48.4 Å². The van der Waals surface area contributed by atoms with Gasteiger partial charge < -0.3 is 30.8 Å². The zero-order valence-electron chi connectivity index (χ0n) is 22.8. The molecule has 0 aliphatic heterocycles. The average Bonchev–Trinajstić information content (AvgIpc) is 3.54. The second-order valence-electron chi connectivity index (χ2n) is 9.65. The van der Waals surface area contributed by atoms with E-state index in [0.29, 0.717) is 65.7 Å². The summed E-state index contributed by atoms with van der Waals surface area (Å²) >= 11 is 11.8. The number of halogens is 2. The first-order chi connectivity index (χ1) is 19.8. The van der Waals surface area contributed by atoms with Crippen molar-refractivity contribution >= 4 is 63.3 Å². The number of imidazole rings is 1. The van der Waals surface area contributed by atoms with Crippen molar-refractivity contribution in [1.82, 2.24) is 19.9 Å². The highest BCUT2D eigenvalue weighted by atomic mass is 35.5. The van der Waals surface area contributed by atoms with Gasteiger partial charge in [0.05, 0.1) is 28.3 Å². The first kappa shape index (κ1) is 30.0. The molecule has 10 nitrogen and oxygen atoms in total. The van der Waals surface area contributed by atoms with Crippen molar-refractivity contribution in [3.63, 3.8) is 0 Å². The molecule has 216 valence electrons. The van der Waals surface area contributed by atoms with E-state index in [1.165, 1.54) is 0 Å². The quantitative estimate of drug-likeness (QED) is 0.0827. The van der Waals surface area contributed by atoms with Crippen LogP contribution in [-0.2, 0) is 18.3 Å². The maximum absolute atomic E-state index is 12.7. The highest BCUT2D eigenvalue weighted by Crippen LogP contribution is 2.25. The summed E-state index contributed by atoms with van der Waals surface area (Å²) in [5.41, 5.74) is 10.8. The minimum absolute atomic E-state index is 0.0243. The van der Waals surface area contributed by atoms with Crippen LogP contribution in [0.1, 0.15) is 28.8 Å². The number of aromatic amines is 1. The van der Waals surface area contributed by atoms with E-state index >= 15 is 0 Å². The fourth-order valence-electron chi connectivity index (χ4n) is 4.48. The van der Waals surface area contributed by atoms with Crippen molar-refractivity contribution < 1.29 is 9.59 Å². The Morgan fingerprint density at radius 3 is 2.49 bits per heavy atom. The Labute approximate surface area is 248 Å². The number of aryl methyl sites for hydroxylation is 2. The maximum Gasteiger partial charge on any atom is 0.251 e. The van der Waals surface area contributed by atoms with Crippen LogP contribution < -0.4 is 21.3 Å². The van der Waals surface area contributed by atoms with Crippen LogP contribution in [0.4, 0.5) is 11.4 Å². The molecule has 0 saturated heterocycles. The Morgan fingerprint density at radius 1 is 1.07 bits per heavy atom. The van der Waals surface area contributed by atoms with Gasteiger partial charge in [-0.1, -0.05) is 12.1 Å². The summed E-state index contributed by atoms with van der Waals surface area (Å²) in [6, 6.07) is 15.2. The standard InChI is InChI=1S/C29H34Cl2N8O2/c1-38-18-21(35-27(40)9-4-19-2-6-22(7-3-19)39(14-11-30)15-12-31)17-25(38)28-36-23-8-5-20(16-24(23)37-28)29(41)34-13-10-26(32)33/h2-3,5-8,16-18H,4,9-15H2,1H3,(H3,32,33)(H,34,41)(H,35,40)(H,36,37). The summed E-state index contributed by atoms with van der Waals surface area (Å²) in [7, 11) is 1.88. The number of nitrogens with zero attached hydrogens (tertiary/aromatic N) is 3. The van der Waals surface area contributed by atoms with Gasteiger partial charge in [-0.15, -0.1) is 23.2 Å². The van der Waals surface area contributed by atoms with Crippen LogP contribution in [0.15, 0.2) is 54.7 Å². The normalized spacial score (nSPS) is 11.0. The lowest BCUT2D eigenvalue weighted by Crippen LogP contribution is -2.27. The molecule has 0 spiro atoms. The minimum atomic E-state index is -0.247. The molecule has 4 aromatic rings. The van der Waals surface area contributed by atoms with Crippen LogP contribution in [0.3, 0.4) is 0 Å². The number of benzene rings is 2. The van der Waals surface area contributed by atoms with Gasteiger partial charge in [0.25, 0.3) is 5.91 Å². The lowest BCUT2D eigenvalue weighted by atomic mass is 10.1. The van der Waals surface area contributed by atoms with Crippen molar-refractivity contribution in [2.75, 3.05) is 41.6 Å². The molecule has 2 amide bonds. The molecular weight excluding hydrogens is 563 g/mol.